The zero-order chi connectivity index (χ0) is 14.7. The zero-order valence-corrected chi connectivity index (χ0v) is 11.9. The summed E-state index contributed by atoms with van der Waals surface area (Å²) in [7, 11) is 3.48. The highest BCUT2D eigenvalue weighted by Gasteiger charge is 2.19. The van der Waals surface area contributed by atoms with E-state index in [0.29, 0.717) is 5.69 Å². The minimum atomic E-state index is -0.242. The van der Waals surface area contributed by atoms with E-state index in [9.17, 15) is 4.79 Å². The maximum Gasteiger partial charge on any atom is 0.272 e. The van der Waals surface area contributed by atoms with Crippen LogP contribution in [-0.4, -0.2) is 47.6 Å². The summed E-state index contributed by atoms with van der Waals surface area (Å²) >= 11 is 0. The number of aliphatic hydroxyl groups excluding tert-OH is 1. The second-order valence-electron chi connectivity index (χ2n) is 4.77. The van der Waals surface area contributed by atoms with Crippen molar-refractivity contribution in [2.75, 3.05) is 26.0 Å². The number of para-hydroxylation sites is 1. The van der Waals surface area contributed by atoms with E-state index >= 15 is 0 Å². The number of hydrogen-bond donors (Lipinski definition) is 2. The highest BCUT2D eigenvalue weighted by molar-refractivity contribution is 5.99. The summed E-state index contributed by atoms with van der Waals surface area (Å²) in [6.07, 6.45) is 0. The van der Waals surface area contributed by atoms with Gasteiger partial charge in [0.05, 0.1) is 18.2 Å². The SMILES string of the molecule is CNc1cc(C(=O)N(C)C(C)CO)nc2ccccc12. The minimum absolute atomic E-state index is 0.0747. The fourth-order valence-electron chi connectivity index (χ4n) is 2.00. The maximum atomic E-state index is 12.4. The highest BCUT2D eigenvalue weighted by Crippen LogP contribution is 2.23. The number of benzene rings is 1. The third-order valence-corrected chi connectivity index (χ3v) is 3.45. The lowest BCUT2D eigenvalue weighted by atomic mass is 10.1. The Morgan fingerprint density at radius 1 is 1.45 bits per heavy atom. The molecule has 0 aliphatic heterocycles. The normalized spacial score (nSPS) is 12.2. The van der Waals surface area contributed by atoms with Crippen LogP contribution in [-0.2, 0) is 0 Å². The molecule has 0 aliphatic rings. The van der Waals surface area contributed by atoms with Crippen LogP contribution in [0.4, 0.5) is 5.69 Å². The van der Waals surface area contributed by atoms with Gasteiger partial charge >= 0.3 is 0 Å². The van der Waals surface area contributed by atoms with Crippen molar-refractivity contribution in [3.8, 4) is 0 Å². The van der Waals surface area contributed by atoms with E-state index in [4.69, 9.17) is 5.11 Å². The number of likely N-dealkylation sites (N-methyl/N-ethyl adjacent to an activating group) is 1. The minimum Gasteiger partial charge on any atom is -0.394 e. The molecule has 1 heterocycles. The fourth-order valence-corrected chi connectivity index (χ4v) is 2.00. The van der Waals surface area contributed by atoms with Gasteiger partial charge in [-0.1, -0.05) is 18.2 Å². The van der Waals surface area contributed by atoms with Crippen molar-refractivity contribution in [1.29, 1.82) is 0 Å². The topological polar surface area (TPSA) is 65.5 Å². The lowest BCUT2D eigenvalue weighted by molar-refractivity contribution is 0.0677. The molecule has 0 fully saturated rings. The van der Waals surface area contributed by atoms with E-state index in [0.717, 1.165) is 16.6 Å². The number of aromatic nitrogens is 1. The van der Waals surface area contributed by atoms with E-state index in [1.807, 2.05) is 31.3 Å². The number of nitrogens with one attached hydrogen (secondary N) is 1. The molecular formula is C15H19N3O2. The maximum absolute atomic E-state index is 12.4. The monoisotopic (exact) mass is 273 g/mol. The summed E-state index contributed by atoms with van der Waals surface area (Å²) in [4.78, 5) is 18.3. The van der Waals surface area contributed by atoms with Crippen molar-refractivity contribution >= 4 is 22.5 Å². The molecule has 5 nitrogen and oxygen atoms in total. The van der Waals surface area contributed by atoms with E-state index in [1.54, 1.807) is 20.0 Å². The van der Waals surface area contributed by atoms with Crippen LogP contribution in [0.5, 0.6) is 0 Å². The average Bonchev–Trinajstić information content (AvgIpc) is 2.51. The van der Waals surface area contributed by atoms with Gasteiger partial charge in [0.15, 0.2) is 0 Å². The van der Waals surface area contributed by atoms with Gasteiger partial charge in [-0.25, -0.2) is 4.98 Å². The number of carbonyl (C=O) groups excluding carboxylic acids is 1. The first-order valence-electron chi connectivity index (χ1n) is 6.54. The van der Waals surface area contributed by atoms with E-state index < -0.39 is 0 Å². The van der Waals surface area contributed by atoms with Gasteiger partial charge in [0.2, 0.25) is 0 Å². The van der Waals surface area contributed by atoms with Gasteiger partial charge in [0, 0.05) is 25.2 Å². The number of nitrogens with zero attached hydrogens (tertiary/aromatic N) is 2. The molecule has 0 spiro atoms. The molecule has 1 atom stereocenters. The largest absolute Gasteiger partial charge is 0.394 e. The standard InChI is InChI=1S/C15H19N3O2/c1-10(9-19)18(3)15(20)14-8-13(16-2)11-6-4-5-7-12(11)17-14/h4-8,10,19H,9H2,1-3H3,(H,16,17). The first-order valence-corrected chi connectivity index (χ1v) is 6.54. The van der Waals surface area contributed by atoms with Crippen LogP contribution in [0.25, 0.3) is 10.9 Å². The second kappa shape index (κ2) is 5.88. The molecule has 5 heteroatoms. The molecule has 1 aromatic carbocycles. The molecular weight excluding hydrogens is 254 g/mol. The van der Waals surface area contributed by atoms with E-state index in [2.05, 4.69) is 10.3 Å². The highest BCUT2D eigenvalue weighted by atomic mass is 16.3. The molecule has 2 N–H and O–H groups in total. The fraction of sp³-hybridized carbons (Fsp3) is 0.333. The van der Waals surface area contributed by atoms with Gasteiger partial charge in [-0.3, -0.25) is 4.79 Å². The van der Waals surface area contributed by atoms with Gasteiger partial charge in [-0.05, 0) is 19.1 Å². The molecule has 1 aromatic heterocycles. The molecule has 0 saturated heterocycles. The Hall–Kier alpha value is -2.14. The quantitative estimate of drug-likeness (QED) is 0.890. The van der Waals surface area contributed by atoms with Crippen molar-refractivity contribution in [1.82, 2.24) is 9.88 Å². The average molecular weight is 273 g/mol. The third kappa shape index (κ3) is 2.58. The van der Waals surface area contributed by atoms with Crippen LogP contribution in [0.3, 0.4) is 0 Å². The Bertz CT molecular complexity index is 628. The summed E-state index contributed by atoms with van der Waals surface area (Å²) < 4.78 is 0. The Morgan fingerprint density at radius 2 is 2.15 bits per heavy atom. The molecule has 0 bridgehead atoms. The predicted molar refractivity (Wildman–Crippen MR) is 79.9 cm³/mol. The summed E-state index contributed by atoms with van der Waals surface area (Å²) in [5.41, 5.74) is 2.01. The van der Waals surface area contributed by atoms with Crippen LogP contribution in [0.15, 0.2) is 30.3 Å². The van der Waals surface area contributed by atoms with Gasteiger partial charge in [0.25, 0.3) is 5.91 Å². The smallest absolute Gasteiger partial charge is 0.272 e. The predicted octanol–water partition coefficient (Wildman–Crippen LogP) is 1.73. The summed E-state index contributed by atoms with van der Waals surface area (Å²) in [6.45, 7) is 1.71. The van der Waals surface area contributed by atoms with Gasteiger partial charge < -0.3 is 15.3 Å². The lowest BCUT2D eigenvalue weighted by Crippen LogP contribution is -2.37. The number of fused-ring (bicyclic) bond motifs is 1. The number of rotatable bonds is 4. The van der Waals surface area contributed by atoms with Crippen LogP contribution < -0.4 is 5.32 Å². The molecule has 0 saturated carbocycles. The second-order valence-corrected chi connectivity index (χ2v) is 4.77. The van der Waals surface area contributed by atoms with Crippen molar-refractivity contribution in [2.45, 2.75) is 13.0 Å². The summed E-state index contributed by atoms with van der Waals surface area (Å²) in [5.74, 6) is -0.200. The van der Waals surface area contributed by atoms with Crippen molar-refractivity contribution in [3.05, 3.63) is 36.0 Å². The Morgan fingerprint density at radius 3 is 2.80 bits per heavy atom. The summed E-state index contributed by atoms with van der Waals surface area (Å²) in [5, 5.41) is 13.2. The van der Waals surface area contributed by atoms with Crippen LogP contribution in [0, 0.1) is 0 Å². The van der Waals surface area contributed by atoms with Gasteiger partial charge in [-0.2, -0.15) is 0 Å². The molecule has 0 radical (unpaired) electrons. The van der Waals surface area contributed by atoms with Crippen molar-refractivity contribution < 1.29 is 9.90 Å². The van der Waals surface area contributed by atoms with E-state index in [-0.39, 0.29) is 18.6 Å². The number of anilines is 1. The number of pyridine rings is 1. The van der Waals surface area contributed by atoms with E-state index in [1.165, 1.54) is 4.90 Å². The first-order chi connectivity index (χ1) is 9.58. The summed E-state index contributed by atoms with van der Waals surface area (Å²) in [6, 6.07) is 9.17. The zero-order valence-electron chi connectivity index (χ0n) is 11.9. The van der Waals surface area contributed by atoms with Crippen LogP contribution in [0.2, 0.25) is 0 Å². The van der Waals surface area contributed by atoms with Crippen molar-refractivity contribution in [3.63, 3.8) is 0 Å². The molecule has 2 rings (SSSR count). The van der Waals surface area contributed by atoms with Crippen molar-refractivity contribution in [2.24, 2.45) is 0 Å². The van der Waals surface area contributed by atoms with Gasteiger partial charge in [0.1, 0.15) is 5.69 Å². The molecule has 106 valence electrons. The van der Waals surface area contributed by atoms with Gasteiger partial charge in [-0.15, -0.1) is 0 Å². The van der Waals surface area contributed by atoms with Crippen LogP contribution >= 0.6 is 0 Å². The van der Waals surface area contributed by atoms with Crippen LogP contribution in [0.1, 0.15) is 17.4 Å². The third-order valence-electron chi connectivity index (χ3n) is 3.45. The molecule has 0 aliphatic carbocycles. The Kier molecular flexibility index (Phi) is 4.20. The molecule has 20 heavy (non-hydrogen) atoms. The first kappa shape index (κ1) is 14.3. The number of amides is 1. The number of hydrogen-bond acceptors (Lipinski definition) is 4. The Labute approximate surface area is 118 Å². The molecule has 1 unspecified atom stereocenters. The number of carbonyl (C=O) groups is 1. The lowest BCUT2D eigenvalue weighted by Gasteiger charge is -2.23. The molecule has 2 aromatic rings. The number of aliphatic hydroxyl groups is 1. The molecule has 1 amide bonds. The Balaban J connectivity index is 2.47.